The van der Waals surface area contributed by atoms with Crippen LogP contribution >= 0.6 is 11.3 Å². The second kappa shape index (κ2) is 5.19. The van der Waals surface area contributed by atoms with Gasteiger partial charge in [0.05, 0.1) is 0 Å². The summed E-state index contributed by atoms with van der Waals surface area (Å²) in [6, 6.07) is 5.18. The molecule has 2 aromatic heterocycles. The molecule has 0 unspecified atom stereocenters. The molecule has 0 spiro atoms. The van der Waals surface area contributed by atoms with E-state index in [1.807, 2.05) is 23.7 Å². The molecule has 4 rings (SSSR count). The van der Waals surface area contributed by atoms with E-state index < -0.39 is 0 Å². The van der Waals surface area contributed by atoms with E-state index in [2.05, 4.69) is 32.7 Å². The largest absolute Gasteiger partial charge is 0.366 e. The zero-order valence-electron chi connectivity index (χ0n) is 11.5. The molecule has 2 aromatic rings. The van der Waals surface area contributed by atoms with E-state index in [0.717, 1.165) is 25.7 Å². The van der Waals surface area contributed by atoms with Gasteiger partial charge in [-0.1, -0.05) is 0 Å². The monoisotopic (exact) mass is 285 g/mol. The van der Waals surface area contributed by atoms with Gasteiger partial charge in [-0.2, -0.15) is 0 Å². The van der Waals surface area contributed by atoms with Crippen LogP contribution in [0.5, 0.6) is 0 Å². The molecule has 0 amide bonds. The Morgan fingerprint density at radius 2 is 2.30 bits per heavy atom. The van der Waals surface area contributed by atoms with Crippen LogP contribution in [0, 0.1) is 0 Å². The molecule has 0 saturated heterocycles. The number of nitrogens with zero attached hydrogens (tertiary/aromatic N) is 2. The molecule has 0 atom stereocenters. The standard InChI is InChI=1S/C16H19N3S/c1-2-14(1)18-10-13-9-17-6-3-15(13)19-7-4-16-12(11-19)5-8-20-16/h3,5-6,8-9,14,18H,1-2,4,7,10-11H2. The molecule has 0 bridgehead atoms. The van der Waals surface area contributed by atoms with Gasteiger partial charge in [-0.3, -0.25) is 4.98 Å². The summed E-state index contributed by atoms with van der Waals surface area (Å²) < 4.78 is 0. The average molecular weight is 285 g/mol. The predicted octanol–water partition coefficient (Wildman–Crippen LogP) is 2.96. The second-order valence-corrected chi connectivity index (χ2v) is 6.70. The smallest absolute Gasteiger partial charge is 0.0445 e. The fourth-order valence-corrected chi connectivity index (χ4v) is 3.75. The van der Waals surface area contributed by atoms with Gasteiger partial charge in [-0.25, -0.2) is 0 Å². The van der Waals surface area contributed by atoms with Gasteiger partial charge in [0.25, 0.3) is 0 Å². The van der Waals surface area contributed by atoms with Crippen molar-refractivity contribution in [3.8, 4) is 0 Å². The molecule has 104 valence electrons. The van der Waals surface area contributed by atoms with Crippen molar-refractivity contribution >= 4 is 17.0 Å². The Bertz CT molecular complexity index is 603. The third-order valence-electron chi connectivity index (χ3n) is 4.18. The number of anilines is 1. The van der Waals surface area contributed by atoms with E-state index in [0.29, 0.717) is 0 Å². The molecule has 1 N–H and O–H groups in total. The van der Waals surface area contributed by atoms with Crippen molar-refractivity contribution in [3.63, 3.8) is 0 Å². The fraction of sp³-hybridized carbons (Fsp3) is 0.438. The number of hydrogen-bond donors (Lipinski definition) is 1. The maximum atomic E-state index is 4.31. The molecule has 1 aliphatic heterocycles. The summed E-state index contributed by atoms with van der Waals surface area (Å²) in [7, 11) is 0. The van der Waals surface area contributed by atoms with Crippen LogP contribution in [-0.4, -0.2) is 17.6 Å². The lowest BCUT2D eigenvalue weighted by molar-refractivity contribution is 0.675. The van der Waals surface area contributed by atoms with E-state index in [4.69, 9.17) is 0 Å². The number of pyridine rings is 1. The van der Waals surface area contributed by atoms with Gasteiger partial charge in [0, 0.05) is 54.2 Å². The van der Waals surface area contributed by atoms with Crippen molar-refractivity contribution in [2.75, 3.05) is 11.4 Å². The van der Waals surface area contributed by atoms with Gasteiger partial charge < -0.3 is 10.2 Å². The molecule has 0 aromatic carbocycles. The average Bonchev–Trinajstić information content (AvgIpc) is 3.20. The molecular formula is C16H19N3S. The fourth-order valence-electron chi connectivity index (χ4n) is 2.86. The van der Waals surface area contributed by atoms with Gasteiger partial charge in [0.2, 0.25) is 0 Å². The summed E-state index contributed by atoms with van der Waals surface area (Å²) >= 11 is 1.90. The molecule has 2 aliphatic rings. The Labute approximate surface area is 123 Å². The van der Waals surface area contributed by atoms with Crippen LogP contribution in [0.3, 0.4) is 0 Å². The lowest BCUT2D eigenvalue weighted by Gasteiger charge is -2.30. The number of nitrogens with one attached hydrogen (secondary N) is 1. The maximum Gasteiger partial charge on any atom is 0.0445 e. The lowest BCUT2D eigenvalue weighted by Crippen LogP contribution is -2.31. The van der Waals surface area contributed by atoms with Gasteiger partial charge in [0.1, 0.15) is 0 Å². The van der Waals surface area contributed by atoms with Gasteiger partial charge in [-0.15, -0.1) is 11.3 Å². The highest BCUT2D eigenvalue weighted by Gasteiger charge is 2.22. The molecule has 3 nitrogen and oxygen atoms in total. The lowest BCUT2D eigenvalue weighted by atomic mass is 10.1. The molecular weight excluding hydrogens is 266 g/mol. The second-order valence-electron chi connectivity index (χ2n) is 5.70. The quantitative estimate of drug-likeness (QED) is 0.936. The topological polar surface area (TPSA) is 28.2 Å². The Morgan fingerprint density at radius 1 is 1.35 bits per heavy atom. The minimum absolute atomic E-state index is 0.743. The third kappa shape index (κ3) is 2.45. The first-order valence-corrected chi connectivity index (χ1v) is 8.24. The summed E-state index contributed by atoms with van der Waals surface area (Å²) in [5.74, 6) is 0. The molecule has 1 aliphatic carbocycles. The number of hydrogen-bond acceptors (Lipinski definition) is 4. The molecule has 3 heterocycles. The highest BCUT2D eigenvalue weighted by molar-refractivity contribution is 7.10. The van der Waals surface area contributed by atoms with Gasteiger partial charge in [-0.05, 0) is 42.3 Å². The summed E-state index contributed by atoms with van der Waals surface area (Å²) in [5.41, 5.74) is 4.18. The van der Waals surface area contributed by atoms with Gasteiger partial charge >= 0.3 is 0 Å². The van der Waals surface area contributed by atoms with Crippen molar-refractivity contribution in [2.24, 2.45) is 0 Å². The maximum absolute atomic E-state index is 4.31. The SMILES string of the molecule is c1cc(N2CCc3sccc3C2)c(CNC2CC2)cn1. The minimum Gasteiger partial charge on any atom is -0.366 e. The summed E-state index contributed by atoms with van der Waals surface area (Å²) in [4.78, 5) is 8.37. The predicted molar refractivity (Wildman–Crippen MR) is 83.2 cm³/mol. The Hall–Kier alpha value is -1.39. The molecule has 4 heteroatoms. The van der Waals surface area contributed by atoms with Crippen LogP contribution < -0.4 is 10.2 Å². The van der Waals surface area contributed by atoms with Crippen LogP contribution in [0.2, 0.25) is 0 Å². The van der Waals surface area contributed by atoms with Gasteiger partial charge in [0.15, 0.2) is 0 Å². The number of fused-ring (bicyclic) bond motifs is 1. The van der Waals surface area contributed by atoms with E-state index in [-0.39, 0.29) is 0 Å². The van der Waals surface area contributed by atoms with E-state index in [1.165, 1.54) is 36.1 Å². The third-order valence-corrected chi connectivity index (χ3v) is 5.21. The van der Waals surface area contributed by atoms with Crippen LogP contribution in [0.15, 0.2) is 29.9 Å². The minimum atomic E-state index is 0.743. The summed E-state index contributed by atoms with van der Waals surface area (Å²) in [5, 5.41) is 5.82. The zero-order chi connectivity index (χ0) is 13.4. The van der Waals surface area contributed by atoms with E-state index in [9.17, 15) is 0 Å². The summed E-state index contributed by atoms with van der Waals surface area (Å²) in [6.07, 6.45) is 7.77. The van der Waals surface area contributed by atoms with E-state index in [1.54, 1.807) is 4.88 Å². The first-order chi connectivity index (χ1) is 9.90. The van der Waals surface area contributed by atoms with Crippen LogP contribution in [-0.2, 0) is 19.5 Å². The normalized spacial score (nSPS) is 18.1. The molecule has 20 heavy (non-hydrogen) atoms. The first kappa shape index (κ1) is 12.4. The van der Waals surface area contributed by atoms with Crippen LogP contribution in [0.25, 0.3) is 0 Å². The molecule has 1 fully saturated rings. The Balaban J connectivity index is 1.55. The highest BCUT2D eigenvalue weighted by atomic mass is 32.1. The number of rotatable bonds is 4. The van der Waals surface area contributed by atoms with Crippen molar-refractivity contribution in [2.45, 2.75) is 38.4 Å². The Kier molecular flexibility index (Phi) is 3.20. The molecule has 1 saturated carbocycles. The number of thiophene rings is 1. The van der Waals surface area contributed by atoms with Crippen molar-refractivity contribution < 1.29 is 0 Å². The van der Waals surface area contributed by atoms with Crippen LogP contribution in [0.1, 0.15) is 28.8 Å². The van der Waals surface area contributed by atoms with E-state index >= 15 is 0 Å². The number of aromatic nitrogens is 1. The zero-order valence-corrected chi connectivity index (χ0v) is 12.3. The molecule has 0 radical (unpaired) electrons. The first-order valence-electron chi connectivity index (χ1n) is 7.36. The highest BCUT2D eigenvalue weighted by Crippen LogP contribution is 2.30. The van der Waals surface area contributed by atoms with Crippen LogP contribution in [0.4, 0.5) is 5.69 Å². The van der Waals surface area contributed by atoms with Crippen molar-refractivity contribution in [1.82, 2.24) is 10.3 Å². The van der Waals surface area contributed by atoms with Crippen molar-refractivity contribution in [1.29, 1.82) is 0 Å². The van der Waals surface area contributed by atoms with Crippen molar-refractivity contribution in [3.05, 3.63) is 45.9 Å². The summed E-state index contributed by atoms with van der Waals surface area (Å²) in [6.45, 7) is 3.11. The Morgan fingerprint density at radius 3 is 3.20 bits per heavy atom.